The highest BCUT2D eigenvalue weighted by atomic mass is 32.1. The normalized spacial score (nSPS) is 15.7. The van der Waals surface area contributed by atoms with Gasteiger partial charge in [0.2, 0.25) is 0 Å². The molecule has 0 unspecified atom stereocenters. The molecule has 1 fully saturated rings. The number of hydrogen-bond acceptors (Lipinski definition) is 6. The zero-order valence-electron chi connectivity index (χ0n) is 11.6. The number of rotatable bonds is 4. The minimum absolute atomic E-state index is 0.866. The van der Waals surface area contributed by atoms with Crippen LogP contribution in [-0.2, 0) is 6.54 Å². The molecule has 1 saturated heterocycles. The number of anilines is 2. The van der Waals surface area contributed by atoms with Gasteiger partial charge in [-0.2, -0.15) is 0 Å². The van der Waals surface area contributed by atoms with Gasteiger partial charge >= 0.3 is 0 Å². The van der Waals surface area contributed by atoms with Crippen LogP contribution >= 0.6 is 11.3 Å². The Morgan fingerprint density at radius 2 is 1.95 bits per heavy atom. The zero-order chi connectivity index (χ0) is 13.8. The van der Waals surface area contributed by atoms with Crippen LogP contribution in [0.5, 0.6) is 0 Å². The van der Waals surface area contributed by atoms with Gasteiger partial charge in [-0.3, -0.25) is 0 Å². The van der Waals surface area contributed by atoms with Gasteiger partial charge in [0.05, 0.1) is 0 Å². The summed E-state index contributed by atoms with van der Waals surface area (Å²) in [6.45, 7) is 4.88. The van der Waals surface area contributed by atoms with Crippen molar-refractivity contribution in [2.45, 2.75) is 6.54 Å². The molecule has 2 aromatic heterocycles. The average Bonchev–Trinajstić information content (AvgIpc) is 3.03. The highest BCUT2D eigenvalue weighted by Gasteiger charge is 2.19. The van der Waals surface area contributed by atoms with E-state index in [0.29, 0.717) is 0 Å². The maximum Gasteiger partial charge on any atom is 0.185 e. The van der Waals surface area contributed by atoms with Crippen molar-refractivity contribution in [3.8, 4) is 0 Å². The van der Waals surface area contributed by atoms with Gasteiger partial charge in [-0.25, -0.2) is 9.97 Å². The van der Waals surface area contributed by atoms with Crippen LogP contribution in [0.3, 0.4) is 0 Å². The molecule has 20 heavy (non-hydrogen) atoms. The summed E-state index contributed by atoms with van der Waals surface area (Å²) in [5, 5.41) is 6.30. The second-order valence-corrected chi connectivity index (χ2v) is 5.72. The molecule has 0 bridgehead atoms. The lowest BCUT2D eigenvalue weighted by Crippen LogP contribution is -2.46. The molecule has 0 radical (unpaired) electrons. The molecule has 0 spiro atoms. The molecule has 6 heteroatoms. The third-order valence-corrected chi connectivity index (χ3v) is 4.32. The highest BCUT2D eigenvalue weighted by Crippen LogP contribution is 2.21. The first-order chi connectivity index (χ1) is 9.86. The summed E-state index contributed by atoms with van der Waals surface area (Å²) in [4.78, 5) is 13.6. The van der Waals surface area contributed by atoms with Gasteiger partial charge in [0.25, 0.3) is 0 Å². The Morgan fingerprint density at radius 1 is 1.15 bits per heavy atom. The number of nitrogens with zero attached hydrogens (tertiary/aromatic N) is 4. The summed E-state index contributed by atoms with van der Waals surface area (Å²) >= 11 is 1.71. The van der Waals surface area contributed by atoms with Gasteiger partial charge < -0.3 is 15.1 Å². The van der Waals surface area contributed by atoms with Crippen LogP contribution in [0.15, 0.2) is 29.9 Å². The number of pyridine rings is 1. The molecule has 2 aromatic rings. The van der Waals surface area contributed by atoms with Gasteiger partial charge in [-0.15, -0.1) is 11.3 Å². The Morgan fingerprint density at radius 3 is 2.55 bits per heavy atom. The zero-order valence-corrected chi connectivity index (χ0v) is 12.4. The van der Waals surface area contributed by atoms with Crippen LogP contribution in [0.2, 0.25) is 0 Å². The number of hydrogen-bond donors (Lipinski definition) is 1. The van der Waals surface area contributed by atoms with Crippen LogP contribution in [0.1, 0.15) is 5.56 Å². The molecule has 0 aromatic carbocycles. The fraction of sp³-hybridized carbons (Fsp3) is 0.429. The molecule has 0 atom stereocenters. The second-order valence-electron chi connectivity index (χ2n) is 4.84. The Hall–Kier alpha value is -1.66. The summed E-state index contributed by atoms with van der Waals surface area (Å²) in [5.74, 6) is 1.07. The van der Waals surface area contributed by atoms with Crippen molar-refractivity contribution in [1.82, 2.24) is 15.3 Å². The molecular formula is C14H19N5S. The first-order valence-electron chi connectivity index (χ1n) is 6.86. The average molecular weight is 289 g/mol. The van der Waals surface area contributed by atoms with E-state index in [2.05, 4.69) is 37.2 Å². The lowest BCUT2D eigenvalue weighted by Gasteiger charge is -2.35. The first kappa shape index (κ1) is 13.3. The van der Waals surface area contributed by atoms with Crippen molar-refractivity contribution in [3.05, 3.63) is 35.5 Å². The monoisotopic (exact) mass is 289 g/mol. The summed E-state index contributed by atoms with van der Waals surface area (Å²) in [6, 6.07) is 4.26. The molecule has 1 N–H and O–H groups in total. The maximum absolute atomic E-state index is 4.56. The molecular weight excluding hydrogens is 270 g/mol. The summed E-state index contributed by atoms with van der Waals surface area (Å²) in [7, 11) is 1.95. The van der Waals surface area contributed by atoms with Crippen LogP contribution in [0, 0.1) is 0 Å². The van der Waals surface area contributed by atoms with Crippen LogP contribution < -0.4 is 15.1 Å². The lowest BCUT2D eigenvalue weighted by molar-refractivity contribution is 0.645. The van der Waals surface area contributed by atoms with Crippen LogP contribution in [-0.4, -0.2) is 43.2 Å². The van der Waals surface area contributed by atoms with E-state index in [4.69, 9.17) is 0 Å². The van der Waals surface area contributed by atoms with E-state index >= 15 is 0 Å². The van der Waals surface area contributed by atoms with Crippen LogP contribution in [0.4, 0.5) is 10.9 Å². The van der Waals surface area contributed by atoms with E-state index in [1.54, 1.807) is 11.3 Å². The summed E-state index contributed by atoms with van der Waals surface area (Å²) in [5.41, 5.74) is 1.22. The molecule has 106 valence electrons. The van der Waals surface area contributed by atoms with E-state index in [1.165, 1.54) is 5.56 Å². The van der Waals surface area contributed by atoms with Crippen molar-refractivity contribution in [3.63, 3.8) is 0 Å². The third kappa shape index (κ3) is 2.91. The second kappa shape index (κ2) is 6.19. The molecule has 1 aliphatic rings. The SMILES string of the molecule is CNCc1ccc(N2CCN(c3nccs3)CC2)nc1. The third-order valence-electron chi connectivity index (χ3n) is 3.48. The first-order valence-corrected chi connectivity index (χ1v) is 7.74. The summed E-state index contributed by atoms with van der Waals surface area (Å²) in [6.07, 6.45) is 3.83. The number of aromatic nitrogens is 2. The van der Waals surface area contributed by atoms with Crippen molar-refractivity contribution in [1.29, 1.82) is 0 Å². The van der Waals surface area contributed by atoms with Crippen molar-refractivity contribution in [2.24, 2.45) is 0 Å². The highest BCUT2D eigenvalue weighted by molar-refractivity contribution is 7.13. The Kier molecular flexibility index (Phi) is 4.13. The fourth-order valence-electron chi connectivity index (χ4n) is 2.41. The van der Waals surface area contributed by atoms with E-state index in [1.807, 2.05) is 24.8 Å². The minimum atomic E-state index is 0.866. The molecule has 3 heterocycles. The lowest BCUT2D eigenvalue weighted by atomic mass is 10.2. The number of piperazine rings is 1. The predicted molar refractivity (Wildman–Crippen MR) is 83.5 cm³/mol. The Bertz CT molecular complexity index is 517. The van der Waals surface area contributed by atoms with Gasteiger partial charge in [-0.05, 0) is 18.7 Å². The quantitative estimate of drug-likeness (QED) is 0.926. The largest absolute Gasteiger partial charge is 0.353 e. The van der Waals surface area contributed by atoms with Crippen molar-refractivity contribution in [2.75, 3.05) is 43.0 Å². The molecule has 1 aliphatic heterocycles. The van der Waals surface area contributed by atoms with Gasteiger partial charge in [0.15, 0.2) is 5.13 Å². The minimum Gasteiger partial charge on any atom is -0.353 e. The predicted octanol–water partition coefficient (Wildman–Crippen LogP) is 1.58. The van der Waals surface area contributed by atoms with E-state index in [0.717, 1.165) is 43.7 Å². The van der Waals surface area contributed by atoms with Crippen LogP contribution in [0.25, 0.3) is 0 Å². The Balaban J connectivity index is 1.60. The van der Waals surface area contributed by atoms with E-state index < -0.39 is 0 Å². The topological polar surface area (TPSA) is 44.3 Å². The van der Waals surface area contributed by atoms with Gasteiger partial charge in [0.1, 0.15) is 5.82 Å². The fourth-order valence-corrected chi connectivity index (χ4v) is 3.11. The smallest absolute Gasteiger partial charge is 0.185 e. The Labute approximate surface area is 123 Å². The van der Waals surface area contributed by atoms with Gasteiger partial charge in [0, 0.05) is 50.5 Å². The maximum atomic E-state index is 4.56. The van der Waals surface area contributed by atoms with E-state index in [-0.39, 0.29) is 0 Å². The molecule has 0 saturated carbocycles. The molecule has 0 aliphatic carbocycles. The number of nitrogens with one attached hydrogen (secondary N) is 1. The van der Waals surface area contributed by atoms with Gasteiger partial charge in [-0.1, -0.05) is 6.07 Å². The van der Waals surface area contributed by atoms with Crippen molar-refractivity contribution < 1.29 is 0 Å². The standard InChI is InChI=1S/C14H19N5S/c1-15-10-12-2-3-13(17-11-12)18-5-7-19(8-6-18)14-16-4-9-20-14/h2-4,9,11,15H,5-8,10H2,1H3. The molecule has 0 amide bonds. The summed E-state index contributed by atoms with van der Waals surface area (Å²) < 4.78 is 0. The number of thiazole rings is 1. The molecule has 5 nitrogen and oxygen atoms in total. The van der Waals surface area contributed by atoms with Crippen molar-refractivity contribution >= 4 is 22.3 Å². The van der Waals surface area contributed by atoms with E-state index in [9.17, 15) is 0 Å². The molecule has 3 rings (SSSR count).